The lowest BCUT2D eigenvalue weighted by atomic mass is 10.1. The number of hydrogen-bond acceptors (Lipinski definition) is 3. The SMILES string of the molecule is Cc1ccc(NC(=O)c2ccc[nH]c2=O)cc1C(=O)O. The fourth-order valence-electron chi connectivity index (χ4n) is 1.73. The molecule has 0 radical (unpaired) electrons. The minimum atomic E-state index is -1.07. The highest BCUT2D eigenvalue weighted by Crippen LogP contribution is 2.15. The highest BCUT2D eigenvalue weighted by Gasteiger charge is 2.12. The molecule has 2 aromatic rings. The zero-order valence-corrected chi connectivity index (χ0v) is 10.6. The van der Waals surface area contributed by atoms with E-state index in [-0.39, 0.29) is 11.1 Å². The topological polar surface area (TPSA) is 99.3 Å². The maximum atomic E-state index is 11.9. The van der Waals surface area contributed by atoms with Crippen LogP contribution < -0.4 is 10.9 Å². The monoisotopic (exact) mass is 272 g/mol. The Hall–Kier alpha value is -2.89. The van der Waals surface area contributed by atoms with Gasteiger partial charge in [0.05, 0.1) is 5.56 Å². The van der Waals surface area contributed by atoms with Crippen molar-refractivity contribution in [2.45, 2.75) is 6.92 Å². The van der Waals surface area contributed by atoms with Crippen LogP contribution in [0.5, 0.6) is 0 Å². The van der Waals surface area contributed by atoms with Crippen molar-refractivity contribution >= 4 is 17.6 Å². The van der Waals surface area contributed by atoms with Crippen LogP contribution in [0.15, 0.2) is 41.3 Å². The summed E-state index contributed by atoms with van der Waals surface area (Å²) in [5.74, 6) is -1.66. The smallest absolute Gasteiger partial charge is 0.336 e. The number of aromatic amines is 1. The Morgan fingerprint density at radius 3 is 2.60 bits per heavy atom. The molecule has 20 heavy (non-hydrogen) atoms. The molecule has 3 N–H and O–H groups in total. The molecule has 0 fully saturated rings. The predicted molar refractivity (Wildman–Crippen MR) is 73.2 cm³/mol. The van der Waals surface area contributed by atoms with Crippen molar-refractivity contribution in [2.75, 3.05) is 5.32 Å². The number of aromatic carboxylic acids is 1. The van der Waals surface area contributed by atoms with Crippen LogP contribution in [0.4, 0.5) is 5.69 Å². The summed E-state index contributed by atoms with van der Waals surface area (Å²) in [4.78, 5) is 36.8. The van der Waals surface area contributed by atoms with E-state index in [1.54, 1.807) is 19.1 Å². The van der Waals surface area contributed by atoms with Crippen LogP contribution in [-0.2, 0) is 0 Å². The highest BCUT2D eigenvalue weighted by atomic mass is 16.4. The minimum Gasteiger partial charge on any atom is -0.478 e. The molecular formula is C14H12N2O4. The summed E-state index contributed by atoms with van der Waals surface area (Å²) in [6, 6.07) is 7.45. The zero-order valence-electron chi connectivity index (χ0n) is 10.6. The Morgan fingerprint density at radius 2 is 1.95 bits per heavy atom. The van der Waals surface area contributed by atoms with Gasteiger partial charge in [-0.2, -0.15) is 0 Å². The number of amides is 1. The van der Waals surface area contributed by atoms with Crippen molar-refractivity contribution in [1.29, 1.82) is 0 Å². The van der Waals surface area contributed by atoms with Crippen molar-refractivity contribution in [3.8, 4) is 0 Å². The second kappa shape index (κ2) is 5.40. The molecule has 0 saturated heterocycles. The first kappa shape index (κ1) is 13.5. The van der Waals surface area contributed by atoms with Gasteiger partial charge in [0.1, 0.15) is 5.56 Å². The van der Waals surface area contributed by atoms with Gasteiger partial charge < -0.3 is 15.4 Å². The number of anilines is 1. The number of carboxylic acids is 1. The van der Waals surface area contributed by atoms with E-state index in [9.17, 15) is 14.4 Å². The van der Waals surface area contributed by atoms with Gasteiger partial charge in [-0.1, -0.05) is 6.07 Å². The lowest BCUT2D eigenvalue weighted by Crippen LogP contribution is -2.22. The fourth-order valence-corrected chi connectivity index (χ4v) is 1.73. The number of aryl methyl sites for hydroxylation is 1. The van der Waals surface area contributed by atoms with Gasteiger partial charge in [-0.05, 0) is 36.8 Å². The Kier molecular flexibility index (Phi) is 3.65. The summed E-state index contributed by atoms with van der Waals surface area (Å²) >= 11 is 0. The summed E-state index contributed by atoms with van der Waals surface area (Å²) < 4.78 is 0. The average molecular weight is 272 g/mol. The van der Waals surface area contributed by atoms with Gasteiger partial charge in [0.15, 0.2) is 0 Å². The fraction of sp³-hybridized carbons (Fsp3) is 0.0714. The Bertz CT molecular complexity index is 734. The van der Waals surface area contributed by atoms with E-state index in [0.717, 1.165) is 0 Å². The van der Waals surface area contributed by atoms with Crippen molar-refractivity contribution in [3.63, 3.8) is 0 Å². The molecule has 102 valence electrons. The normalized spacial score (nSPS) is 10.1. The molecule has 1 aromatic carbocycles. The molecule has 0 unspecified atom stereocenters. The third-order valence-corrected chi connectivity index (χ3v) is 2.79. The maximum Gasteiger partial charge on any atom is 0.336 e. The number of hydrogen-bond donors (Lipinski definition) is 3. The van der Waals surface area contributed by atoms with Crippen LogP contribution in [0.3, 0.4) is 0 Å². The summed E-state index contributed by atoms with van der Waals surface area (Å²) in [7, 11) is 0. The number of pyridine rings is 1. The second-order valence-corrected chi connectivity index (χ2v) is 4.20. The molecule has 1 aromatic heterocycles. The third-order valence-electron chi connectivity index (χ3n) is 2.79. The van der Waals surface area contributed by atoms with Gasteiger partial charge in [0.25, 0.3) is 11.5 Å². The first-order valence-corrected chi connectivity index (χ1v) is 5.82. The number of rotatable bonds is 3. The van der Waals surface area contributed by atoms with Crippen molar-refractivity contribution in [1.82, 2.24) is 4.98 Å². The predicted octanol–water partition coefficient (Wildman–Crippen LogP) is 1.63. The third kappa shape index (κ3) is 2.74. The van der Waals surface area contributed by atoms with Gasteiger partial charge in [0, 0.05) is 11.9 Å². The van der Waals surface area contributed by atoms with Crippen molar-refractivity contribution in [3.05, 3.63) is 63.6 Å². The molecular weight excluding hydrogens is 260 g/mol. The van der Waals surface area contributed by atoms with E-state index in [2.05, 4.69) is 10.3 Å². The van der Waals surface area contributed by atoms with E-state index in [4.69, 9.17) is 5.11 Å². The molecule has 1 heterocycles. The number of carboxylic acid groups (broad SMARTS) is 1. The Morgan fingerprint density at radius 1 is 1.20 bits per heavy atom. The minimum absolute atomic E-state index is 0.0371. The van der Waals surface area contributed by atoms with Crippen LogP contribution in [0.25, 0.3) is 0 Å². The van der Waals surface area contributed by atoms with Crippen molar-refractivity contribution in [2.24, 2.45) is 0 Å². The zero-order chi connectivity index (χ0) is 14.7. The molecule has 6 nitrogen and oxygen atoms in total. The van der Waals surface area contributed by atoms with Gasteiger partial charge in [-0.3, -0.25) is 9.59 Å². The lowest BCUT2D eigenvalue weighted by molar-refractivity contribution is 0.0695. The summed E-state index contributed by atoms with van der Waals surface area (Å²) in [5.41, 5.74) is 0.472. The number of nitrogens with one attached hydrogen (secondary N) is 2. The summed E-state index contributed by atoms with van der Waals surface area (Å²) in [6.45, 7) is 1.66. The largest absolute Gasteiger partial charge is 0.478 e. The number of aromatic nitrogens is 1. The molecule has 0 bridgehead atoms. The Labute approximate surface area is 114 Å². The van der Waals surface area contributed by atoms with E-state index >= 15 is 0 Å². The van der Waals surface area contributed by atoms with Crippen LogP contribution in [0.2, 0.25) is 0 Å². The number of benzene rings is 1. The standard InChI is InChI=1S/C14H12N2O4/c1-8-4-5-9(7-11(8)14(19)20)16-13(18)10-3-2-6-15-12(10)17/h2-7H,1H3,(H,15,17)(H,16,18)(H,19,20). The number of carbonyl (C=O) groups is 2. The van der Waals surface area contributed by atoms with Crippen LogP contribution >= 0.6 is 0 Å². The number of H-pyrrole nitrogens is 1. The average Bonchev–Trinajstić information content (AvgIpc) is 2.41. The van der Waals surface area contributed by atoms with Gasteiger partial charge in [-0.15, -0.1) is 0 Å². The van der Waals surface area contributed by atoms with E-state index in [1.807, 2.05) is 0 Å². The second-order valence-electron chi connectivity index (χ2n) is 4.20. The van der Waals surface area contributed by atoms with Gasteiger partial charge in [-0.25, -0.2) is 4.79 Å². The quantitative estimate of drug-likeness (QED) is 0.790. The molecule has 1 amide bonds. The lowest BCUT2D eigenvalue weighted by Gasteiger charge is -2.07. The van der Waals surface area contributed by atoms with Gasteiger partial charge in [0.2, 0.25) is 0 Å². The molecule has 0 spiro atoms. The van der Waals surface area contributed by atoms with Crippen LogP contribution in [0, 0.1) is 6.92 Å². The van der Waals surface area contributed by atoms with E-state index < -0.39 is 17.4 Å². The maximum absolute atomic E-state index is 11.9. The molecule has 0 aliphatic carbocycles. The van der Waals surface area contributed by atoms with Crippen molar-refractivity contribution < 1.29 is 14.7 Å². The first-order chi connectivity index (χ1) is 9.49. The first-order valence-electron chi connectivity index (χ1n) is 5.82. The van der Waals surface area contributed by atoms with E-state index in [1.165, 1.54) is 24.4 Å². The number of carbonyl (C=O) groups excluding carboxylic acids is 1. The van der Waals surface area contributed by atoms with Gasteiger partial charge >= 0.3 is 5.97 Å². The molecule has 0 aliphatic rings. The molecule has 0 saturated carbocycles. The molecule has 6 heteroatoms. The molecule has 0 atom stereocenters. The van der Waals surface area contributed by atoms with E-state index in [0.29, 0.717) is 11.3 Å². The van der Waals surface area contributed by atoms with Crippen LogP contribution in [0.1, 0.15) is 26.3 Å². The molecule has 0 aliphatic heterocycles. The van der Waals surface area contributed by atoms with Crippen LogP contribution in [-0.4, -0.2) is 22.0 Å². The Balaban J connectivity index is 2.29. The summed E-state index contributed by atoms with van der Waals surface area (Å²) in [5, 5.41) is 11.5. The summed E-state index contributed by atoms with van der Waals surface area (Å²) in [6.07, 6.45) is 1.42. The molecule has 2 rings (SSSR count). The highest BCUT2D eigenvalue weighted by molar-refractivity contribution is 6.04.